The van der Waals surface area contributed by atoms with E-state index in [9.17, 15) is 13.0 Å². The Bertz CT molecular complexity index is 1930. The molecule has 9 heteroatoms. The fourth-order valence-electron chi connectivity index (χ4n) is 4.31. The van der Waals surface area contributed by atoms with Crippen LogP contribution in [0.5, 0.6) is 0 Å². The summed E-state index contributed by atoms with van der Waals surface area (Å²) in [5, 5.41) is 11.1. The summed E-state index contributed by atoms with van der Waals surface area (Å²) < 4.78 is 39.6. The molecular weight excluding hydrogens is 476 g/mol. The van der Waals surface area contributed by atoms with Gasteiger partial charge < -0.3 is 10.2 Å². The Labute approximate surface area is 205 Å². The van der Waals surface area contributed by atoms with E-state index in [2.05, 4.69) is 15.2 Å². The molecule has 6 aromatic rings. The molecule has 0 saturated heterocycles. The molecule has 2 aromatic heterocycles. The van der Waals surface area contributed by atoms with Crippen LogP contribution in [0.3, 0.4) is 0 Å². The molecule has 0 saturated carbocycles. The number of aromatic nitrogens is 1. The SMILES string of the molecule is Nc1c(N=Nc2ccc(-c3cccc4c3oc3ccccc34)nc2)cc(S(=O)(=O)O)c2ccccc12. The summed E-state index contributed by atoms with van der Waals surface area (Å²) in [6.45, 7) is 0. The number of hydrogen-bond acceptors (Lipinski definition) is 7. The minimum Gasteiger partial charge on any atom is -0.455 e. The van der Waals surface area contributed by atoms with Crippen LogP contribution in [0.15, 0.2) is 111 Å². The number of nitrogens with zero attached hydrogens (tertiary/aromatic N) is 3. The molecule has 0 fully saturated rings. The molecule has 0 atom stereocenters. The topological polar surface area (TPSA) is 131 Å². The predicted molar refractivity (Wildman–Crippen MR) is 139 cm³/mol. The monoisotopic (exact) mass is 494 g/mol. The van der Waals surface area contributed by atoms with Crippen LogP contribution in [0.1, 0.15) is 0 Å². The molecule has 0 aliphatic rings. The molecule has 0 aliphatic carbocycles. The van der Waals surface area contributed by atoms with E-state index in [4.69, 9.17) is 10.2 Å². The highest BCUT2D eigenvalue weighted by molar-refractivity contribution is 7.86. The average Bonchev–Trinajstić information content (AvgIpc) is 3.27. The maximum Gasteiger partial charge on any atom is 0.295 e. The van der Waals surface area contributed by atoms with Gasteiger partial charge in [0.25, 0.3) is 10.1 Å². The quantitative estimate of drug-likeness (QED) is 0.153. The molecule has 0 spiro atoms. The van der Waals surface area contributed by atoms with Gasteiger partial charge in [0.15, 0.2) is 0 Å². The van der Waals surface area contributed by atoms with E-state index in [0.717, 1.165) is 27.5 Å². The van der Waals surface area contributed by atoms with Gasteiger partial charge in [0, 0.05) is 27.1 Å². The first-order valence-corrected chi connectivity index (χ1v) is 12.4. The van der Waals surface area contributed by atoms with E-state index in [0.29, 0.717) is 22.2 Å². The lowest BCUT2D eigenvalue weighted by molar-refractivity contribution is 0.484. The number of rotatable bonds is 4. The van der Waals surface area contributed by atoms with Crippen molar-refractivity contribution in [2.24, 2.45) is 10.2 Å². The Kier molecular flexibility index (Phi) is 5.03. The lowest BCUT2D eigenvalue weighted by Crippen LogP contribution is -2.01. The maximum absolute atomic E-state index is 11.9. The van der Waals surface area contributed by atoms with Crippen LogP contribution < -0.4 is 5.73 Å². The Hall–Kier alpha value is -4.60. The van der Waals surface area contributed by atoms with Crippen LogP contribution in [0.25, 0.3) is 44.0 Å². The fraction of sp³-hybridized carbons (Fsp3) is 0. The number of fused-ring (bicyclic) bond motifs is 4. The predicted octanol–water partition coefficient (Wildman–Crippen LogP) is 7.05. The van der Waals surface area contributed by atoms with Crippen LogP contribution in [0.4, 0.5) is 17.1 Å². The molecule has 0 amide bonds. The molecule has 0 radical (unpaired) electrons. The Morgan fingerprint density at radius 2 is 1.53 bits per heavy atom. The Morgan fingerprint density at radius 1 is 0.806 bits per heavy atom. The molecular formula is C27H18N4O4S. The molecule has 0 bridgehead atoms. The zero-order valence-electron chi connectivity index (χ0n) is 18.7. The number of furan rings is 1. The van der Waals surface area contributed by atoms with Gasteiger partial charge in [-0.3, -0.25) is 9.54 Å². The third kappa shape index (κ3) is 3.67. The highest BCUT2D eigenvalue weighted by Crippen LogP contribution is 2.38. The second kappa shape index (κ2) is 8.26. The highest BCUT2D eigenvalue weighted by Gasteiger charge is 2.18. The first-order chi connectivity index (χ1) is 17.4. The molecule has 8 nitrogen and oxygen atoms in total. The van der Waals surface area contributed by atoms with E-state index in [1.165, 1.54) is 6.07 Å². The fourth-order valence-corrected chi connectivity index (χ4v) is 5.03. The normalized spacial score (nSPS) is 12.2. The van der Waals surface area contributed by atoms with Crippen LogP contribution in [-0.4, -0.2) is 18.0 Å². The minimum absolute atomic E-state index is 0.123. The van der Waals surface area contributed by atoms with Crippen molar-refractivity contribution in [1.82, 2.24) is 4.98 Å². The van der Waals surface area contributed by atoms with E-state index >= 15 is 0 Å². The van der Waals surface area contributed by atoms with Crippen LogP contribution in [0.2, 0.25) is 0 Å². The molecule has 4 aromatic carbocycles. The first-order valence-electron chi connectivity index (χ1n) is 11.0. The number of nitrogens with two attached hydrogens (primary N) is 1. The average molecular weight is 495 g/mol. The van der Waals surface area contributed by atoms with Gasteiger partial charge in [0.1, 0.15) is 27.4 Å². The van der Waals surface area contributed by atoms with E-state index in [-0.39, 0.29) is 16.3 Å². The summed E-state index contributed by atoms with van der Waals surface area (Å²) in [6.07, 6.45) is 1.56. The number of hydrogen-bond donors (Lipinski definition) is 2. The number of azo groups is 1. The Morgan fingerprint density at radius 3 is 2.28 bits per heavy atom. The van der Waals surface area contributed by atoms with Gasteiger partial charge in [-0.15, -0.1) is 10.2 Å². The van der Waals surface area contributed by atoms with Crippen molar-refractivity contribution in [2.45, 2.75) is 4.90 Å². The third-order valence-electron chi connectivity index (χ3n) is 6.01. The zero-order chi connectivity index (χ0) is 24.9. The van der Waals surface area contributed by atoms with Crippen LogP contribution >= 0.6 is 0 Å². The summed E-state index contributed by atoms with van der Waals surface area (Å²) in [4.78, 5) is 4.25. The number of para-hydroxylation sites is 2. The zero-order valence-corrected chi connectivity index (χ0v) is 19.5. The van der Waals surface area contributed by atoms with Crippen molar-refractivity contribution in [3.8, 4) is 11.3 Å². The van der Waals surface area contributed by atoms with Crippen molar-refractivity contribution in [1.29, 1.82) is 0 Å². The molecule has 3 N–H and O–H groups in total. The van der Waals surface area contributed by atoms with Gasteiger partial charge in [0.05, 0.1) is 17.6 Å². The van der Waals surface area contributed by atoms with Gasteiger partial charge >= 0.3 is 0 Å². The van der Waals surface area contributed by atoms with Crippen molar-refractivity contribution in [3.05, 3.63) is 91.1 Å². The molecule has 6 rings (SSSR count). The number of pyridine rings is 1. The molecule has 0 aliphatic heterocycles. The standard InChI is InChI=1S/C27H18N4O4S/c28-26-19-8-2-1-7-18(19)25(36(32,33)34)14-23(26)31-30-16-12-13-22(29-15-16)21-10-5-9-20-17-6-3-4-11-24(17)35-27(20)21/h1-15H,28H2,(H,32,33,34). The maximum atomic E-state index is 11.9. The second-order valence-electron chi connectivity index (χ2n) is 8.21. The van der Waals surface area contributed by atoms with Crippen molar-refractivity contribution >= 4 is 59.9 Å². The lowest BCUT2D eigenvalue weighted by Gasteiger charge is -2.09. The molecule has 176 valence electrons. The number of benzene rings is 4. The largest absolute Gasteiger partial charge is 0.455 e. The summed E-state index contributed by atoms with van der Waals surface area (Å²) in [5.41, 5.74) is 10.2. The van der Waals surface area contributed by atoms with E-state index in [1.807, 2.05) is 48.5 Å². The summed E-state index contributed by atoms with van der Waals surface area (Å²) in [6, 6.07) is 25.2. The van der Waals surface area contributed by atoms with Crippen LogP contribution in [-0.2, 0) is 10.1 Å². The Balaban J connectivity index is 1.38. The van der Waals surface area contributed by atoms with Crippen molar-refractivity contribution < 1.29 is 17.4 Å². The third-order valence-corrected chi connectivity index (χ3v) is 6.90. The first kappa shape index (κ1) is 21.9. The minimum atomic E-state index is -4.49. The van der Waals surface area contributed by atoms with Gasteiger partial charge in [-0.2, -0.15) is 8.42 Å². The number of anilines is 1. The summed E-state index contributed by atoms with van der Waals surface area (Å²) >= 11 is 0. The lowest BCUT2D eigenvalue weighted by atomic mass is 10.1. The van der Waals surface area contributed by atoms with E-state index in [1.54, 1.807) is 36.5 Å². The molecule has 36 heavy (non-hydrogen) atoms. The van der Waals surface area contributed by atoms with E-state index < -0.39 is 10.1 Å². The summed E-state index contributed by atoms with van der Waals surface area (Å²) in [7, 11) is -4.49. The van der Waals surface area contributed by atoms with Crippen LogP contribution in [0, 0.1) is 0 Å². The smallest absolute Gasteiger partial charge is 0.295 e. The number of nitrogen functional groups attached to an aromatic ring is 1. The van der Waals surface area contributed by atoms with Crippen molar-refractivity contribution in [2.75, 3.05) is 5.73 Å². The second-order valence-corrected chi connectivity index (χ2v) is 9.60. The van der Waals surface area contributed by atoms with Gasteiger partial charge in [0.2, 0.25) is 0 Å². The van der Waals surface area contributed by atoms with Gasteiger partial charge in [-0.1, -0.05) is 54.6 Å². The van der Waals surface area contributed by atoms with Crippen molar-refractivity contribution in [3.63, 3.8) is 0 Å². The highest BCUT2D eigenvalue weighted by atomic mass is 32.2. The van der Waals surface area contributed by atoms with Gasteiger partial charge in [-0.05, 0) is 30.3 Å². The summed E-state index contributed by atoms with van der Waals surface area (Å²) in [5.74, 6) is 0. The molecule has 0 unspecified atom stereocenters. The molecule has 2 heterocycles. The van der Waals surface area contributed by atoms with Gasteiger partial charge in [-0.25, -0.2) is 0 Å².